The highest BCUT2D eigenvalue weighted by Gasteiger charge is 2.70. The Labute approximate surface area is 218 Å². The second-order valence-electron chi connectivity index (χ2n) is 7.60. The number of imidazole rings is 1. The number of carbonyl (C=O) groups is 1. The lowest BCUT2D eigenvalue weighted by Crippen LogP contribution is -2.50. The number of alkyl halides is 6. The second kappa shape index (κ2) is 11.9. The highest BCUT2D eigenvalue weighted by Crippen LogP contribution is 2.34. The molecule has 0 aliphatic heterocycles. The van der Waals surface area contributed by atoms with Gasteiger partial charge in [-0.3, -0.25) is 0 Å². The summed E-state index contributed by atoms with van der Waals surface area (Å²) in [5, 5.41) is 0. The minimum Gasteiger partial charge on any atom is -0.438 e. The van der Waals surface area contributed by atoms with Crippen molar-refractivity contribution in [2.24, 2.45) is 7.05 Å². The van der Waals surface area contributed by atoms with Crippen LogP contribution in [0.1, 0.15) is 25.5 Å². The van der Waals surface area contributed by atoms with Crippen LogP contribution in [0.4, 0.5) is 26.3 Å². The molecule has 218 valence electrons. The van der Waals surface area contributed by atoms with Gasteiger partial charge in [0.2, 0.25) is 6.33 Å². The van der Waals surface area contributed by atoms with Crippen molar-refractivity contribution in [3.05, 3.63) is 54.6 Å². The Balaban J connectivity index is 3.03. The third-order valence-electron chi connectivity index (χ3n) is 4.66. The maximum Gasteiger partial charge on any atom is 0.561 e. The van der Waals surface area contributed by atoms with E-state index in [0.29, 0.717) is 4.57 Å². The number of esters is 1. The number of halogens is 6. The van der Waals surface area contributed by atoms with Gasteiger partial charge in [-0.15, -0.1) is 0 Å². The number of rotatable bonds is 10. The Morgan fingerprint density at radius 1 is 1.03 bits per heavy atom. The molecule has 39 heavy (non-hydrogen) atoms. The lowest BCUT2D eigenvalue weighted by Gasteiger charge is -2.19. The van der Waals surface area contributed by atoms with Crippen LogP contribution in [0.25, 0.3) is 0 Å². The van der Waals surface area contributed by atoms with Gasteiger partial charge in [-0.25, -0.2) is 13.9 Å². The van der Waals surface area contributed by atoms with E-state index in [2.05, 4.69) is 0 Å². The summed E-state index contributed by atoms with van der Waals surface area (Å²) in [6.07, 6.45) is 1.60. The summed E-state index contributed by atoms with van der Waals surface area (Å²) in [6.45, 7) is 1.62. The van der Waals surface area contributed by atoms with E-state index < -0.39 is 65.3 Å². The third-order valence-corrected chi connectivity index (χ3v) is 8.24. The summed E-state index contributed by atoms with van der Waals surface area (Å²) < 4.78 is 146. The van der Waals surface area contributed by atoms with Crippen LogP contribution >= 0.6 is 0 Å². The molecule has 0 bridgehead atoms. The molecule has 1 heterocycles. The number of ether oxygens (including phenoxy) is 3. The van der Waals surface area contributed by atoms with Crippen LogP contribution in [-0.4, -0.2) is 60.6 Å². The Morgan fingerprint density at radius 2 is 1.56 bits per heavy atom. The standard InChI is InChI=1S/C20H23F6N3O8S2/c1-4-35-14(2)37-18(30)16(28-11-10-27(3)13-28)17(36-12-15-8-6-5-7-9-15)29(38(31,32)19(21,22)23)39(33,34)20(24,25)26/h5-11,13-14,16H,4,12H2,1-3H3/q+2/t14-,16?/m0/s1. The summed E-state index contributed by atoms with van der Waals surface area (Å²) in [7, 11) is -13.5. The highest BCUT2D eigenvalue weighted by molar-refractivity contribution is 7.98. The predicted molar refractivity (Wildman–Crippen MR) is 118 cm³/mol. The molecule has 2 aromatic rings. The van der Waals surface area contributed by atoms with E-state index in [9.17, 15) is 48.0 Å². The number of aryl methyl sites for hydroxylation is 1. The fourth-order valence-corrected chi connectivity index (χ4v) is 5.68. The van der Waals surface area contributed by atoms with E-state index in [1.54, 1.807) is 0 Å². The average Bonchev–Trinajstić information content (AvgIpc) is 3.22. The normalized spacial score (nSPS) is 14.4. The average molecular weight is 612 g/mol. The molecule has 0 spiro atoms. The van der Waals surface area contributed by atoms with E-state index in [1.165, 1.54) is 55.1 Å². The monoisotopic (exact) mass is 611 g/mol. The number of aromatic nitrogens is 2. The number of hydrogen-bond donors (Lipinski definition) is 0. The zero-order valence-corrected chi connectivity index (χ0v) is 22.0. The fraction of sp³-hybridized carbons (Fsp3) is 0.450. The molecule has 0 radical (unpaired) electrons. The third kappa shape index (κ3) is 7.27. The molecule has 0 N–H and O–H groups in total. The molecule has 0 amide bonds. The highest BCUT2D eigenvalue weighted by atomic mass is 32.3. The van der Waals surface area contributed by atoms with Crippen LogP contribution in [0.15, 0.2) is 49.1 Å². The van der Waals surface area contributed by atoms with Crippen molar-refractivity contribution in [1.29, 1.82) is 0 Å². The van der Waals surface area contributed by atoms with E-state index >= 15 is 0 Å². The zero-order valence-electron chi connectivity index (χ0n) is 20.4. The van der Waals surface area contributed by atoms with Gasteiger partial charge >= 0.3 is 49.0 Å². The van der Waals surface area contributed by atoms with Crippen LogP contribution in [0.3, 0.4) is 0 Å². The van der Waals surface area contributed by atoms with Crippen LogP contribution in [-0.2, 0) is 52.7 Å². The zero-order chi connectivity index (χ0) is 29.8. The topological polar surface area (TPSA) is 125 Å². The van der Waals surface area contributed by atoms with E-state index in [0.717, 1.165) is 19.4 Å². The number of sulfonamides is 2. The Bertz CT molecular complexity index is 1360. The maximum atomic E-state index is 13.6. The summed E-state index contributed by atoms with van der Waals surface area (Å²) in [5.74, 6) is -3.77. The molecule has 19 heteroatoms. The molecule has 1 aromatic carbocycles. The van der Waals surface area contributed by atoms with Gasteiger partial charge in [0, 0.05) is 6.61 Å². The van der Waals surface area contributed by atoms with E-state index in [-0.39, 0.29) is 12.2 Å². The van der Waals surface area contributed by atoms with Gasteiger partial charge in [-0.1, -0.05) is 30.3 Å². The van der Waals surface area contributed by atoms with Crippen LogP contribution in [0.5, 0.6) is 0 Å². The minimum absolute atomic E-state index is 0.0459. The first-order chi connectivity index (χ1) is 17.8. The summed E-state index contributed by atoms with van der Waals surface area (Å²) in [4.78, 5) is 13.1. The van der Waals surface area contributed by atoms with E-state index in [1.807, 2.05) is 0 Å². The molecular weight excluding hydrogens is 588 g/mol. The first kappa shape index (κ1) is 32.0. The van der Waals surface area contributed by atoms with Crippen molar-refractivity contribution in [2.75, 3.05) is 6.61 Å². The lowest BCUT2D eigenvalue weighted by atomic mass is 10.2. The first-order valence-electron chi connectivity index (χ1n) is 10.7. The summed E-state index contributed by atoms with van der Waals surface area (Å²) in [6, 6.07) is 4.24. The van der Waals surface area contributed by atoms with Gasteiger partial charge in [0.05, 0.1) is 10.4 Å². The molecule has 1 aromatic heterocycles. The summed E-state index contributed by atoms with van der Waals surface area (Å²) >= 11 is 0. The first-order valence-corrected chi connectivity index (χ1v) is 13.5. The lowest BCUT2D eigenvalue weighted by molar-refractivity contribution is -0.671. The number of carbonyl (C=O) groups excluding carboxylic acids is 1. The molecule has 2 rings (SSSR count). The van der Waals surface area contributed by atoms with Gasteiger partial charge in [0.1, 0.15) is 19.0 Å². The Kier molecular flexibility index (Phi) is 9.78. The van der Waals surface area contributed by atoms with Gasteiger partial charge in [-0.2, -0.15) is 43.2 Å². The number of benzene rings is 1. The molecule has 1 unspecified atom stereocenters. The maximum absolute atomic E-state index is 13.6. The Hall–Kier alpha value is -3.19. The molecular formula is C20H23F6N3O8S2+2. The van der Waals surface area contributed by atoms with Crippen LogP contribution in [0.2, 0.25) is 0 Å². The van der Waals surface area contributed by atoms with Crippen molar-refractivity contribution in [3.8, 4) is 0 Å². The largest absolute Gasteiger partial charge is 0.561 e. The SMILES string of the molecule is CCO[C@H](C)OC(=O)C(C(OCc1ccccc1)=[N+](S(=O)(=O)C(F)(F)F)S(=O)(=O)C(F)(F)F)n1cc[n+](C)c1. The quantitative estimate of drug-likeness (QED) is 0.1000. The van der Waals surface area contributed by atoms with Crippen molar-refractivity contribution in [1.82, 2.24) is 4.57 Å². The minimum atomic E-state index is -7.40. The molecule has 0 saturated carbocycles. The molecule has 0 fully saturated rings. The van der Waals surface area contributed by atoms with Crippen LogP contribution in [0, 0.1) is 0 Å². The molecule has 0 aliphatic rings. The van der Waals surface area contributed by atoms with E-state index in [4.69, 9.17) is 14.2 Å². The summed E-state index contributed by atoms with van der Waals surface area (Å²) in [5.41, 5.74) is -13.1. The predicted octanol–water partition coefficient (Wildman–Crippen LogP) is 2.11. The van der Waals surface area contributed by atoms with Gasteiger partial charge in [-0.05, 0) is 19.4 Å². The van der Waals surface area contributed by atoms with Gasteiger partial charge < -0.3 is 14.2 Å². The second-order valence-corrected chi connectivity index (χ2v) is 11.4. The molecule has 0 aliphatic carbocycles. The van der Waals surface area contributed by atoms with Crippen molar-refractivity contribution < 1.29 is 70.1 Å². The van der Waals surface area contributed by atoms with Crippen molar-refractivity contribution in [2.45, 2.75) is 43.8 Å². The molecule has 2 atom stereocenters. The van der Waals surface area contributed by atoms with Gasteiger partial charge in [0.15, 0.2) is 6.29 Å². The fourth-order valence-electron chi connectivity index (χ4n) is 2.99. The number of hydrogen-bond acceptors (Lipinski definition) is 8. The van der Waals surface area contributed by atoms with Crippen molar-refractivity contribution in [3.63, 3.8) is 0 Å². The Morgan fingerprint density at radius 3 is 2.00 bits per heavy atom. The van der Waals surface area contributed by atoms with Crippen LogP contribution < -0.4 is 4.57 Å². The smallest absolute Gasteiger partial charge is 0.438 e. The van der Waals surface area contributed by atoms with Gasteiger partial charge in [0.25, 0.3) is 0 Å². The molecule has 11 nitrogen and oxygen atoms in total. The molecule has 0 saturated heterocycles. The number of nitrogens with zero attached hydrogens (tertiary/aromatic N) is 3. The van der Waals surface area contributed by atoms with Crippen molar-refractivity contribution >= 4 is 31.9 Å².